The van der Waals surface area contributed by atoms with Gasteiger partial charge in [-0.2, -0.15) is 18.3 Å². The van der Waals surface area contributed by atoms with Gasteiger partial charge in [0.1, 0.15) is 12.1 Å². The highest BCUT2D eigenvalue weighted by Crippen LogP contribution is 2.52. The molecule has 2 aromatic heterocycles. The summed E-state index contributed by atoms with van der Waals surface area (Å²) in [6.45, 7) is 4.10. The second kappa shape index (κ2) is 7.47. The molecule has 2 aromatic rings. The zero-order valence-electron chi connectivity index (χ0n) is 17.8. The number of alkyl halides is 3. The number of aromatic nitrogens is 4. The van der Waals surface area contributed by atoms with Gasteiger partial charge in [0.05, 0.1) is 17.2 Å². The average molecular weight is 438 g/mol. The zero-order valence-corrected chi connectivity index (χ0v) is 17.8. The molecule has 1 aliphatic heterocycles. The number of ether oxygens (including phenoxy) is 1. The van der Waals surface area contributed by atoms with Gasteiger partial charge < -0.3 is 9.64 Å². The monoisotopic (exact) mass is 438 g/mol. The molecule has 2 amide bonds. The Morgan fingerprint density at radius 3 is 2.71 bits per heavy atom. The highest BCUT2D eigenvalue weighted by molar-refractivity contribution is 5.91. The second-order valence-electron chi connectivity index (χ2n) is 8.54. The summed E-state index contributed by atoms with van der Waals surface area (Å²) >= 11 is 0. The fraction of sp³-hybridized carbons (Fsp3) is 0.600. The van der Waals surface area contributed by atoms with Gasteiger partial charge in [-0.05, 0) is 38.2 Å². The number of halogens is 3. The predicted octanol–water partition coefficient (Wildman–Crippen LogP) is 3.71. The Bertz CT molecular complexity index is 994. The fourth-order valence-corrected chi connectivity index (χ4v) is 5.05. The van der Waals surface area contributed by atoms with Crippen LogP contribution in [0.15, 0.2) is 18.6 Å². The maximum Gasteiger partial charge on any atom is 0.418 e. The summed E-state index contributed by atoms with van der Waals surface area (Å²) in [7, 11) is 3.18. The van der Waals surface area contributed by atoms with Crippen molar-refractivity contribution in [3.63, 3.8) is 0 Å². The zero-order chi connectivity index (χ0) is 22.6. The standard InChI is InChI=1S/C20H25F3N6O2/c1-11-5-13-8-19(7-11,12(2)31-4)29(13)18(30)26-16-6-14(17-25-10-28(3)27-17)15(9-24-16)20(21,22)23/h6,9-13H,5,7-8H2,1-4H3,(H,24,26,30)/t11-,12-,13-,19+/m1/s1. The molecule has 1 aliphatic carbocycles. The Kier molecular flexibility index (Phi) is 5.19. The van der Waals surface area contributed by atoms with E-state index in [-0.39, 0.29) is 35.4 Å². The predicted molar refractivity (Wildman–Crippen MR) is 106 cm³/mol. The van der Waals surface area contributed by atoms with E-state index in [0.29, 0.717) is 12.1 Å². The number of likely N-dealkylation sites (tertiary alicyclic amines) is 1. The SMILES string of the molecule is CO[C@H](C)[C@]12C[C@H](C)C[C@H](C1)N2C(=O)Nc1cc(-c2ncn(C)n2)c(C(F)(F)F)cn1. The topological polar surface area (TPSA) is 85.2 Å². The van der Waals surface area contributed by atoms with Gasteiger partial charge >= 0.3 is 12.2 Å². The van der Waals surface area contributed by atoms with Crippen LogP contribution in [0.5, 0.6) is 0 Å². The Hall–Kier alpha value is -2.69. The Morgan fingerprint density at radius 2 is 2.10 bits per heavy atom. The summed E-state index contributed by atoms with van der Waals surface area (Å²) < 4.78 is 47.3. The summed E-state index contributed by atoms with van der Waals surface area (Å²) in [5, 5.41) is 6.65. The Balaban J connectivity index is 1.63. The van der Waals surface area contributed by atoms with Crippen LogP contribution in [0.25, 0.3) is 11.4 Å². The molecule has 0 unspecified atom stereocenters. The molecule has 0 radical (unpaired) electrons. The molecule has 31 heavy (non-hydrogen) atoms. The van der Waals surface area contributed by atoms with Crippen molar-refractivity contribution >= 4 is 11.8 Å². The van der Waals surface area contributed by atoms with Crippen molar-refractivity contribution in [2.45, 2.75) is 57.0 Å². The lowest BCUT2D eigenvalue weighted by atomic mass is 9.62. The molecule has 168 valence electrons. The molecule has 4 atom stereocenters. The first-order valence-corrected chi connectivity index (χ1v) is 10.1. The molecule has 0 spiro atoms. The molecule has 1 saturated carbocycles. The van der Waals surface area contributed by atoms with Crippen LogP contribution in [-0.2, 0) is 18.0 Å². The number of carbonyl (C=O) groups excluding carboxylic acids is 1. The summed E-state index contributed by atoms with van der Waals surface area (Å²) in [6.07, 6.45) is -0.230. The lowest BCUT2D eigenvalue weighted by Gasteiger charge is -2.65. The van der Waals surface area contributed by atoms with E-state index in [1.807, 2.05) is 6.92 Å². The molecular weight excluding hydrogens is 413 g/mol. The number of pyridine rings is 1. The van der Waals surface area contributed by atoms with Crippen LogP contribution in [0.4, 0.5) is 23.8 Å². The number of piperidine rings is 1. The lowest BCUT2D eigenvalue weighted by Crippen LogP contribution is -2.76. The quantitative estimate of drug-likeness (QED) is 0.787. The minimum atomic E-state index is -4.63. The molecule has 3 heterocycles. The van der Waals surface area contributed by atoms with Gasteiger partial charge in [0.25, 0.3) is 0 Å². The van der Waals surface area contributed by atoms with Crippen LogP contribution >= 0.6 is 0 Å². The average Bonchev–Trinajstić information content (AvgIpc) is 3.11. The number of methoxy groups -OCH3 is 1. The molecule has 1 saturated heterocycles. The van der Waals surface area contributed by atoms with Gasteiger partial charge in [-0.25, -0.2) is 14.8 Å². The van der Waals surface area contributed by atoms with Crippen molar-refractivity contribution < 1.29 is 22.7 Å². The third-order valence-corrected chi connectivity index (χ3v) is 6.42. The number of urea groups is 1. The molecule has 2 aliphatic rings. The molecule has 0 aromatic carbocycles. The first-order valence-electron chi connectivity index (χ1n) is 10.1. The number of hydrogen-bond donors (Lipinski definition) is 1. The minimum Gasteiger partial charge on any atom is -0.379 e. The number of nitrogens with zero attached hydrogens (tertiary/aromatic N) is 5. The lowest BCUT2D eigenvalue weighted by molar-refractivity contribution is -0.155. The molecular formula is C20H25F3N6O2. The third kappa shape index (κ3) is 3.64. The number of aryl methyl sites for hydroxylation is 1. The van der Waals surface area contributed by atoms with Gasteiger partial charge in [-0.1, -0.05) is 6.92 Å². The van der Waals surface area contributed by atoms with Crippen molar-refractivity contribution in [3.05, 3.63) is 24.2 Å². The van der Waals surface area contributed by atoms with Crippen LogP contribution in [0.2, 0.25) is 0 Å². The normalized spacial score (nSPS) is 26.4. The summed E-state index contributed by atoms with van der Waals surface area (Å²) in [6, 6.07) is 0.854. The van der Waals surface area contributed by atoms with Crippen molar-refractivity contribution in [1.29, 1.82) is 0 Å². The smallest absolute Gasteiger partial charge is 0.379 e. The van der Waals surface area contributed by atoms with Gasteiger partial charge in [0.15, 0.2) is 5.82 Å². The van der Waals surface area contributed by atoms with Crippen molar-refractivity contribution in [2.75, 3.05) is 12.4 Å². The number of hydrogen-bond acceptors (Lipinski definition) is 5. The van der Waals surface area contributed by atoms with E-state index in [1.54, 1.807) is 19.1 Å². The first-order chi connectivity index (χ1) is 14.5. The molecule has 2 fully saturated rings. The minimum absolute atomic E-state index is 0.0127. The first kappa shape index (κ1) is 21.5. The Labute approximate surface area is 177 Å². The largest absolute Gasteiger partial charge is 0.418 e. The highest BCUT2D eigenvalue weighted by Gasteiger charge is 2.61. The van der Waals surface area contributed by atoms with Crippen LogP contribution in [-0.4, -0.2) is 55.5 Å². The molecule has 1 N–H and O–H groups in total. The Morgan fingerprint density at radius 1 is 1.35 bits per heavy atom. The molecule has 4 rings (SSSR count). The number of nitrogens with one attached hydrogen (secondary N) is 1. The van der Waals surface area contributed by atoms with Gasteiger partial charge in [-0.3, -0.25) is 10.00 Å². The summed E-state index contributed by atoms with van der Waals surface area (Å²) in [5.41, 5.74) is -1.62. The fourth-order valence-electron chi connectivity index (χ4n) is 5.05. The number of amides is 2. The summed E-state index contributed by atoms with van der Waals surface area (Å²) in [5.74, 6) is 0.386. The van der Waals surface area contributed by atoms with Crippen LogP contribution < -0.4 is 5.32 Å². The van der Waals surface area contributed by atoms with Crippen molar-refractivity contribution in [2.24, 2.45) is 13.0 Å². The van der Waals surface area contributed by atoms with E-state index in [0.717, 1.165) is 19.3 Å². The van der Waals surface area contributed by atoms with E-state index in [2.05, 4.69) is 27.3 Å². The highest BCUT2D eigenvalue weighted by atomic mass is 19.4. The van der Waals surface area contributed by atoms with Crippen molar-refractivity contribution in [3.8, 4) is 11.4 Å². The number of fused-ring (bicyclic) bond motifs is 2. The third-order valence-electron chi connectivity index (χ3n) is 6.42. The maximum absolute atomic E-state index is 13.5. The number of carbonyl (C=O) groups is 1. The second-order valence-corrected chi connectivity index (χ2v) is 8.54. The van der Waals surface area contributed by atoms with Crippen LogP contribution in [0.1, 0.15) is 38.7 Å². The van der Waals surface area contributed by atoms with Gasteiger partial charge in [0.2, 0.25) is 0 Å². The van der Waals surface area contributed by atoms with E-state index in [9.17, 15) is 18.0 Å². The van der Waals surface area contributed by atoms with Gasteiger partial charge in [0, 0.05) is 32.0 Å². The van der Waals surface area contributed by atoms with E-state index >= 15 is 0 Å². The number of rotatable bonds is 4. The number of anilines is 1. The molecule has 2 bridgehead atoms. The van der Waals surface area contributed by atoms with E-state index in [1.165, 1.54) is 17.1 Å². The van der Waals surface area contributed by atoms with E-state index < -0.39 is 17.3 Å². The van der Waals surface area contributed by atoms with E-state index in [4.69, 9.17) is 4.74 Å². The van der Waals surface area contributed by atoms with Crippen LogP contribution in [0.3, 0.4) is 0 Å². The maximum atomic E-state index is 13.5. The van der Waals surface area contributed by atoms with Gasteiger partial charge in [-0.15, -0.1) is 0 Å². The van der Waals surface area contributed by atoms with Crippen LogP contribution in [0, 0.1) is 5.92 Å². The molecule has 11 heteroatoms. The summed E-state index contributed by atoms with van der Waals surface area (Å²) in [4.78, 5) is 22.7. The molecule has 8 nitrogen and oxygen atoms in total. The van der Waals surface area contributed by atoms with Crippen molar-refractivity contribution in [1.82, 2.24) is 24.6 Å².